The number of amidine groups is 1. The second kappa shape index (κ2) is 7.73. The van der Waals surface area contributed by atoms with Gasteiger partial charge in [-0.05, 0) is 26.0 Å². The van der Waals surface area contributed by atoms with Gasteiger partial charge in [-0.2, -0.15) is 0 Å². The van der Waals surface area contributed by atoms with Crippen LogP contribution in [-0.4, -0.2) is 23.4 Å². The lowest BCUT2D eigenvalue weighted by Gasteiger charge is -2.26. The van der Waals surface area contributed by atoms with Gasteiger partial charge in [0.05, 0.1) is 12.2 Å². The van der Waals surface area contributed by atoms with Crippen molar-refractivity contribution in [1.82, 2.24) is 10.3 Å². The van der Waals surface area contributed by atoms with Crippen LogP contribution in [0.2, 0.25) is 10.2 Å². The molecule has 0 saturated carbocycles. The van der Waals surface area contributed by atoms with Crippen molar-refractivity contribution in [3.63, 3.8) is 0 Å². The summed E-state index contributed by atoms with van der Waals surface area (Å²) in [5.41, 5.74) is 1.37. The Morgan fingerprint density at radius 3 is 2.81 bits per heavy atom. The van der Waals surface area contributed by atoms with Crippen LogP contribution in [-0.2, 0) is 9.53 Å². The molecule has 0 bridgehead atoms. The molecule has 0 aliphatic carbocycles. The standard InChI is InChI=1S/C17H14Cl2FN3O2S/c1-3-25-17(24)13-8(2)21-15(16-22-12(19)7-26-16)23-14(13)10-5-4-9(20)6-11(10)18/h4-7,14H,3H2,1-2H3,(H,21,23). The number of nitrogens with one attached hydrogen (secondary N) is 1. The number of halogens is 3. The third-order valence-corrected chi connectivity index (χ3v) is 5.17. The normalized spacial score (nSPS) is 17.0. The van der Waals surface area contributed by atoms with Gasteiger partial charge in [0.2, 0.25) is 0 Å². The number of carbonyl (C=O) groups is 1. The summed E-state index contributed by atoms with van der Waals surface area (Å²) in [6.07, 6.45) is 0. The van der Waals surface area contributed by atoms with E-state index >= 15 is 0 Å². The number of thiazole rings is 1. The van der Waals surface area contributed by atoms with Crippen LogP contribution in [0.15, 0.2) is 39.8 Å². The number of rotatable bonds is 4. The van der Waals surface area contributed by atoms with E-state index in [0.29, 0.717) is 32.8 Å². The minimum absolute atomic E-state index is 0.173. The second-order valence-corrected chi connectivity index (χ2v) is 7.06. The van der Waals surface area contributed by atoms with E-state index < -0.39 is 17.8 Å². The summed E-state index contributed by atoms with van der Waals surface area (Å²) in [7, 11) is 0. The maximum atomic E-state index is 13.5. The summed E-state index contributed by atoms with van der Waals surface area (Å²) in [5.74, 6) is -0.525. The fourth-order valence-electron chi connectivity index (χ4n) is 2.57. The summed E-state index contributed by atoms with van der Waals surface area (Å²) in [6, 6.07) is 3.22. The summed E-state index contributed by atoms with van der Waals surface area (Å²) in [6.45, 7) is 3.68. The highest BCUT2D eigenvalue weighted by atomic mass is 35.5. The molecule has 0 spiro atoms. The molecule has 1 N–H and O–H groups in total. The number of benzene rings is 1. The number of hydrogen-bond donors (Lipinski definition) is 1. The van der Waals surface area contributed by atoms with E-state index in [4.69, 9.17) is 27.9 Å². The van der Waals surface area contributed by atoms with Crippen LogP contribution >= 0.6 is 34.5 Å². The number of esters is 1. The van der Waals surface area contributed by atoms with Crippen molar-refractivity contribution in [1.29, 1.82) is 0 Å². The van der Waals surface area contributed by atoms with Gasteiger partial charge in [-0.3, -0.25) is 4.99 Å². The predicted molar refractivity (Wildman–Crippen MR) is 100 cm³/mol. The summed E-state index contributed by atoms with van der Waals surface area (Å²) >= 11 is 13.4. The van der Waals surface area contributed by atoms with Crippen molar-refractivity contribution in [2.75, 3.05) is 6.61 Å². The predicted octanol–water partition coefficient (Wildman–Crippen LogP) is 4.52. The maximum Gasteiger partial charge on any atom is 0.338 e. The molecule has 1 aromatic heterocycles. The zero-order valence-electron chi connectivity index (χ0n) is 13.8. The number of hydrogen-bond acceptors (Lipinski definition) is 6. The molecule has 9 heteroatoms. The quantitative estimate of drug-likeness (QED) is 0.748. The number of allylic oxidation sites excluding steroid dienone is 1. The topological polar surface area (TPSA) is 63.6 Å². The molecular formula is C17H14Cl2FN3O2S. The van der Waals surface area contributed by atoms with Crippen LogP contribution in [0, 0.1) is 5.82 Å². The van der Waals surface area contributed by atoms with Crippen molar-refractivity contribution >= 4 is 46.3 Å². The van der Waals surface area contributed by atoms with Crippen molar-refractivity contribution in [2.45, 2.75) is 19.9 Å². The number of aromatic nitrogens is 1. The van der Waals surface area contributed by atoms with E-state index in [-0.39, 0.29) is 11.6 Å². The first-order chi connectivity index (χ1) is 12.4. The van der Waals surface area contributed by atoms with Gasteiger partial charge < -0.3 is 10.1 Å². The highest BCUT2D eigenvalue weighted by Gasteiger charge is 2.32. The Morgan fingerprint density at radius 2 is 2.19 bits per heavy atom. The van der Waals surface area contributed by atoms with Crippen molar-refractivity contribution in [2.24, 2.45) is 4.99 Å². The lowest BCUT2D eigenvalue weighted by atomic mass is 9.96. The fraction of sp³-hybridized carbons (Fsp3) is 0.235. The number of ether oxygens (including phenoxy) is 1. The third-order valence-electron chi connectivity index (χ3n) is 3.67. The summed E-state index contributed by atoms with van der Waals surface area (Å²) < 4.78 is 18.6. The molecule has 1 unspecified atom stereocenters. The van der Waals surface area contributed by atoms with Gasteiger partial charge in [0.1, 0.15) is 17.0 Å². The minimum atomic E-state index is -0.749. The monoisotopic (exact) mass is 413 g/mol. The van der Waals surface area contributed by atoms with Crippen LogP contribution in [0.1, 0.15) is 30.5 Å². The lowest BCUT2D eigenvalue weighted by molar-refractivity contribution is -0.138. The highest BCUT2D eigenvalue weighted by molar-refractivity contribution is 7.12. The largest absolute Gasteiger partial charge is 0.463 e. The zero-order chi connectivity index (χ0) is 18.8. The second-order valence-electron chi connectivity index (χ2n) is 5.41. The molecule has 1 aliphatic heterocycles. The molecule has 0 saturated heterocycles. The Bertz CT molecular complexity index is 926. The number of carbonyl (C=O) groups excluding carboxylic acids is 1. The molecule has 0 amide bonds. The molecule has 0 radical (unpaired) electrons. The minimum Gasteiger partial charge on any atom is -0.463 e. The summed E-state index contributed by atoms with van der Waals surface area (Å²) in [4.78, 5) is 21.3. The molecule has 1 aromatic carbocycles. The van der Waals surface area contributed by atoms with Crippen molar-refractivity contribution in [3.8, 4) is 0 Å². The SMILES string of the molecule is CCOC(=O)C1=C(C)NC(c2nc(Cl)cs2)=NC1c1ccc(F)cc1Cl. The van der Waals surface area contributed by atoms with Crippen LogP contribution < -0.4 is 5.32 Å². The average molecular weight is 414 g/mol. The van der Waals surface area contributed by atoms with Gasteiger partial charge in [-0.15, -0.1) is 11.3 Å². The van der Waals surface area contributed by atoms with Crippen LogP contribution in [0.25, 0.3) is 0 Å². The van der Waals surface area contributed by atoms with E-state index in [9.17, 15) is 9.18 Å². The third kappa shape index (κ3) is 3.75. The molecule has 0 fully saturated rings. The van der Waals surface area contributed by atoms with Gasteiger partial charge in [0, 0.05) is 21.7 Å². The maximum absolute atomic E-state index is 13.5. The fourth-order valence-corrected chi connectivity index (χ4v) is 3.74. The van der Waals surface area contributed by atoms with E-state index in [1.165, 1.54) is 29.5 Å². The smallest absolute Gasteiger partial charge is 0.338 e. The molecule has 1 aliphatic rings. The molecule has 1 atom stereocenters. The summed E-state index contributed by atoms with van der Waals surface area (Å²) in [5, 5.41) is 5.84. The Labute approximate surface area is 163 Å². The molecule has 2 aromatic rings. The van der Waals surface area contributed by atoms with Gasteiger partial charge in [-0.25, -0.2) is 14.2 Å². The first kappa shape index (κ1) is 18.8. The van der Waals surface area contributed by atoms with Crippen LogP contribution in [0.3, 0.4) is 0 Å². The first-order valence-electron chi connectivity index (χ1n) is 7.69. The highest BCUT2D eigenvalue weighted by Crippen LogP contribution is 2.36. The van der Waals surface area contributed by atoms with Gasteiger partial charge in [0.25, 0.3) is 0 Å². The number of aliphatic imine (C=N–C) groups is 1. The van der Waals surface area contributed by atoms with Gasteiger partial charge >= 0.3 is 5.97 Å². The van der Waals surface area contributed by atoms with Crippen molar-refractivity contribution in [3.05, 3.63) is 61.4 Å². The first-order valence-corrected chi connectivity index (χ1v) is 9.33. The Balaban J connectivity index is 2.12. The van der Waals surface area contributed by atoms with E-state index in [1.54, 1.807) is 19.2 Å². The zero-order valence-corrected chi connectivity index (χ0v) is 16.2. The molecule has 3 rings (SSSR count). The van der Waals surface area contributed by atoms with E-state index in [1.807, 2.05) is 0 Å². The Kier molecular flexibility index (Phi) is 5.60. The molecule has 26 heavy (non-hydrogen) atoms. The Hall–Kier alpha value is -1.96. The van der Waals surface area contributed by atoms with E-state index in [2.05, 4.69) is 15.3 Å². The van der Waals surface area contributed by atoms with Crippen LogP contribution in [0.4, 0.5) is 4.39 Å². The molecule has 136 valence electrons. The van der Waals surface area contributed by atoms with Gasteiger partial charge in [0.15, 0.2) is 10.8 Å². The van der Waals surface area contributed by atoms with Crippen molar-refractivity contribution < 1.29 is 13.9 Å². The molecular weight excluding hydrogens is 400 g/mol. The lowest BCUT2D eigenvalue weighted by Crippen LogP contribution is -2.32. The average Bonchev–Trinajstić information content (AvgIpc) is 3.01. The Morgan fingerprint density at radius 1 is 1.42 bits per heavy atom. The van der Waals surface area contributed by atoms with Crippen LogP contribution in [0.5, 0.6) is 0 Å². The molecule has 5 nitrogen and oxygen atoms in total. The number of nitrogens with zero attached hydrogens (tertiary/aromatic N) is 2. The van der Waals surface area contributed by atoms with E-state index in [0.717, 1.165) is 0 Å². The van der Waals surface area contributed by atoms with Gasteiger partial charge in [-0.1, -0.05) is 29.3 Å². The molecule has 2 heterocycles.